The van der Waals surface area contributed by atoms with Gasteiger partial charge in [0.05, 0.1) is 12.1 Å². The largest absolute Gasteiger partial charge is 0.392 e. The Hall–Kier alpha value is -0.450. The summed E-state index contributed by atoms with van der Waals surface area (Å²) in [5, 5.41) is 13.5. The molecule has 3 nitrogen and oxygen atoms in total. The van der Waals surface area contributed by atoms with E-state index < -0.39 is 0 Å². The lowest BCUT2D eigenvalue weighted by atomic mass is 10.3. The van der Waals surface area contributed by atoms with Crippen molar-refractivity contribution in [3.63, 3.8) is 0 Å². The molecule has 80 valence electrons. The van der Waals surface area contributed by atoms with Crippen molar-refractivity contribution < 1.29 is 5.11 Å². The second-order valence-corrected chi connectivity index (χ2v) is 4.64. The van der Waals surface area contributed by atoms with Crippen molar-refractivity contribution in [1.29, 1.82) is 0 Å². The minimum Gasteiger partial charge on any atom is -0.392 e. The SMILES string of the molecule is CCc1cnc(C(C)NCC(C)O)s1. The van der Waals surface area contributed by atoms with E-state index in [0.29, 0.717) is 6.54 Å². The molecule has 4 heteroatoms. The second kappa shape index (κ2) is 5.44. The number of hydrogen-bond donors (Lipinski definition) is 2. The summed E-state index contributed by atoms with van der Waals surface area (Å²) in [4.78, 5) is 5.65. The van der Waals surface area contributed by atoms with Crippen LogP contribution in [0.15, 0.2) is 6.20 Å². The molecule has 0 radical (unpaired) electrons. The van der Waals surface area contributed by atoms with Crippen LogP contribution in [0.1, 0.15) is 36.7 Å². The Kier molecular flexibility index (Phi) is 4.51. The Morgan fingerprint density at radius 3 is 2.79 bits per heavy atom. The predicted octanol–water partition coefficient (Wildman–Crippen LogP) is 1.74. The maximum absolute atomic E-state index is 9.12. The maximum Gasteiger partial charge on any atom is 0.109 e. The summed E-state index contributed by atoms with van der Waals surface area (Å²) in [6, 6.07) is 0.231. The van der Waals surface area contributed by atoms with Crippen LogP contribution in [0.5, 0.6) is 0 Å². The zero-order valence-electron chi connectivity index (χ0n) is 8.95. The number of aryl methyl sites for hydroxylation is 1. The van der Waals surface area contributed by atoms with Gasteiger partial charge in [0, 0.05) is 17.6 Å². The molecule has 0 saturated heterocycles. The van der Waals surface area contributed by atoms with Crippen molar-refractivity contribution in [2.45, 2.75) is 39.3 Å². The molecule has 2 unspecified atom stereocenters. The molecule has 2 atom stereocenters. The maximum atomic E-state index is 9.12. The summed E-state index contributed by atoms with van der Waals surface area (Å²) in [6.07, 6.45) is 2.67. The third-order valence-corrected chi connectivity index (χ3v) is 3.33. The van der Waals surface area contributed by atoms with Crippen molar-refractivity contribution in [2.24, 2.45) is 0 Å². The van der Waals surface area contributed by atoms with Gasteiger partial charge >= 0.3 is 0 Å². The van der Waals surface area contributed by atoms with Gasteiger partial charge in [0.1, 0.15) is 5.01 Å². The third kappa shape index (κ3) is 3.36. The molecular weight excluding hydrogens is 196 g/mol. The van der Waals surface area contributed by atoms with E-state index in [9.17, 15) is 0 Å². The number of aliphatic hydroxyl groups is 1. The van der Waals surface area contributed by atoms with Crippen LogP contribution in [0.4, 0.5) is 0 Å². The van der Waals surface area contributed by atoms with Crippen LogP contribution in [0.2, 0.25) is 0 Å². The fraction of sp³-hybridized carbons (Fsp3) is 0.700. The molecule has 0 saturated carbocycles. The Morgan fingerprint density at radius 1 is 1.57 bits per heavy atom. The van der Waals surface area contributed by atoms with Gasteiger partial charge < -0.3 is 10.4 Å². The molecular formula is C10H18N2OS. The zero-order chi connectivity index (χ0) is 10.6. The molecule has 0 spiro atoms. The lowest BCUT2D eigenvalue weighted by molar-refractivity contribution is 0.187. The van der Waals surface area contributed by atoms with Crippen LogP contribution in [0.3, 0.4) is 0 Å². The highest BCUT2D eigenvalue weighted by Crippen LogP contribution is 2.19. The van der Waals surface area contributed by atoms with Crippen LogP contribution >= 0.6 is 11.3 Å². The first-order valence-electron chi connectivity index (χ1n) is 4.99. The Morgan fingerprint density at radius 2 is 2.29 bits per heavy atom. The molecule has 1 heterocycles. The highest BCUT2D eigenvalue weighted by Gasteiger charge is 2.09. The van der Waals surface area contributed by atoms with Gasteiger partial charge in [-0.15, -0.1) is 11.3 Å². The number of aromatic nitrogens is 1. The summed E-state index contributed by atoms with van der Waals surface area (Å²) in [6.45, 7) is 6.59. The molecule has 0 aliphatic rings. The van der Waals surface area contributed by atoms with Crippen molar-refractivity contribution in [2.75, 3.05) is 6.54 Å². The van der Waals surface area contributed by atoms with Gasteiger partial charge in [-0.2, -0.15) is 0 Å². The van der Waals surface area contributed by atoms with E-state index in [1.54, 1.807) is 18.3 Å². The van der Waals surface area contributed by atoms with Crippen molar-refractivity contribution in [3.8, 4) is 0 Å². The predicted molar refractivity (Wildman–Crippen MR) is 59.6 cm³/mol. The Bertz CT molecular complexity index is 273. The van der Waals surface area contributed by atoms with E-state index >= 15 is 0 Å². The lowest BCUT2D eigenvalue weighted by Crippen LogP contribution is -2.26. The quantitative estimate of drug-likeness (QED) is 0.784. The van der Waals surface area contributed by atoms with E-state index in [1.807, 2.05) is 6.20 Å². The molecule has 1 aromatic heterocycles. The topological polar surface area (TPSA) is 45.2 Å². The van der Waals surface area contributed by atoms with E-state index in [2.05, 4.69) is 24.1 Å². The van der Waals surface area contributed by atoms with E-state index in [-0.39, 0.29) is 12.1 Å². The average molecular weight is 214 g/mol. The number of thiazole rings is 1. The lowest BCUT2D eigenvalue weighted by Gasteiger charge is -2.12. The van der Waals surface area contributed by atoms with Crippen LogP contribution in [-0.2, 0) is 6.42 Å². The highest BCUT2D eigenvalue weighted by molar-refractivity contribution is 7.11. The first kappa shape index (κ1) is 11.6. The summed E-state index contributed by atoms with van der Waals surface area (Å²) >= 11 is 1.74. The number of aliphatic hydroxyl groups excluding tert-OH is 1. The number of nitrogens with one attached hydrogen (secondary N) is 1. The monoisotopic (exact) mass is 214 g/mol. The Balaban J connectivity index is 2.47. The first-order valence-corrected chi connectivity index (χ1v) is 5.81. The molecule has 14 heavy (non-hydrogen) atoms. The highest BCUT2D eigenvalue weighted by atomic mass is 32.1. The van der Waals surface area contributed by atoms with Gasteiger partial charge in [-0.3, -0.25) is 0 Å². The smallest absolute Gasteiger partial charge is 0.109 e. The van der Waals surface area contributed by atoms with E-state index in [0.717, 1.165) is 11.4 Å². The minimum atomic E-state index is -0.303. The van der Waals surface area contributed by atoms with Crippen LogP contribution < -0.4 is 5.32 Å². The number of rotatable bonds is 5. The zero-order valence-corrected chi connectivity index (χ0v) is 9.77. The molecule has 0 aromatic carbocycles. The van der Waals surface area contributed by atoms with Gasteiger partial charge in [-0.1, -0.05) is 6.92 Å². The summed E-state index contributed by atoms with van der Waals surface area (Å²) in [5.41, 5.74) is 0. The van der Waals surface area contributed by atoms with Crippen LogP contribution in [0.25, 0.3) is 0 Å². The van der Waals surface area contributed by atoms with Crippen LogP contribution in [0, 0.1) is 0 Å². The molecule has 0 aliphatic carbocycles. The van der Waals surface area contributed by atoms with Gasteiger partial charge in [0.15, 0.2) is 0 Å². The standard InChI is InChI=1S/C10H18N2OS/c1-4-9-6-12-10(14-9)8(3)11-5-7(2)13/h6-8,11,13H,4-5H2,1-3H3. The molecule has 1 rings (SSSR count). The second-order valence-electron chi connectivity index (χ2n) is 3.50. The number of nitrogens with zero attached hydrogens (tertiary/aromatic N) is 1. The fourth-order valence-electron chi connectivity index (χ4n) is 1.12. The molecule has 0 bridgehead atoms. The van der Waals surface area contributed by atoms with Gasteiger partial charge in [-0.05, 0) is 20.3 Å². The molecule has 2 N–H and O–H groups in total. The Labute approximate surface area is 89.2 Å². The molecule has 0 aliphatic heterocycles. The summed E-state index contributed by atoms with van der Waals surface area (Å²) in [7, 11) is 0. The first-order chi connectivity index (χ1) is 6.63. The van der Waals surface area contributed by atoms with Gasteiger partial charge in [0.25, 0.3) is 0 Å². The minimum absolute atomic E-state index is 0.231. The normalized spacial score (nSPS) is 15.4. The van der Waals surface area contributed by atoms with Crippen molar-refractivity contribution in [1.82, 2.24) is 10.3 Å². The van der Waals surface area contributed by atoms with Crippen LogP contribution in [-0.4, -0.2) is 22.7 Å². The van der Waals surface area contributed by atoms with Gasteiger partial charge in [-0.25, -0.2) is 4.98 Å². The molecule has 0 fully saturated rings. The van der Waals surface area contributed by atoms with E-state index in [4.69, 9.17) is 5.11 Å². The summed E-state index contributed by atoms with van der Waals surface area (Å²) < 4.78 is 0. The summed E-state index contributed by atoms with van der Waals surface area (Å²) in [5.74, 6) is 0. The van der Waals surface area contributed by atoms with Crippen molar-refractivity contribution in [3.05, 3.63) is 16.1 Å². The van der Waals surface area contributed by atoms with E-state index in [1.165, 1.54) is 4.88 Å². The van der Waals surface area contributed by atoms with Crippen molar-refractivity contribution >= 4 is 11.3 Å². The third-order valence-electron chi connectivity index (χ3n) is 2.01. The average Bonchev–Trinajstić information content (AvgIpc) is 2.62. The van der Waals surface area contributed by atoms with Gasteiger partial charge in [0.2, 0.25) is 0 Å². The number of hydrogen-bond acceptors (Lipinski definition) is 4. The molecule has 1 aromatic rings. The molecule has 0 amide bonds. The fourth-order valence-corrected chi connectivity index (χ4v) is 2.00.